The molecule has 19 heavy (non-hydrogen) atoms. The van der Waals surface area contributed by atoms with Crippen molar-refractivity contribution in [1.82, 2.24) is 0 Å². The molecule has 0 N–H and O–H groups in total. The average molecular weight is 262 g/mol. The van der Waals surface area contributed by atoms with Gasteiger partial charge in [-0.15, -0.1) is 0 Å². The molecule has 2 rings (SSSR count). The van der Waals surface area contributed by atoms with E-state index in [1.807, 2.05) is 0 Å². The lowest BCUT2D eigenvalue weighted by molar-refractivity contribution is 0.315. The lowest BCUT2D eigenvalue weighted by Crippen LogP contribution is -2.14. The van der Waals surface area contributed by atoms with E-state index >= 15 is 0 Å². The predicted molar refractivity (Wildman–Crippen MR) is 81.0 cm³/mol. The molecule has 0 bridgehead atoms. The third-order valence-corrected chi connectivity index (χ3v) is 4.23. The van der Waals surface area contributed by atoms with E-state index in [1.165, 1.54) is 57.8 Å². The second-order valence-electron chi connectivity index (χ2n) is 7.36. The van der Waals surface area contributed by atoms with Gasteiger partial charge in [0.05, 0.1) is 6.10 Å². The zero-order valence-electron chi connectivity index (χ0n) is 13.1. The monoisotopic (exact) mass is 262 g/mol. The lowest BCUT2D eigenvalue weighted by Gasteiger charge is -2.11. The fourth-order valence-electron chi connectivity index (χ4n) is 2.98. The summed E-state index contributed by atoms with van der Waals surface area (Å²) in [5, 5.41) is 0. The first kappa shape index (κ1) is 14.9. The predicted octanol–water partition coefficient (Wildman–Crippen LogP) is 5.09. The number of fused-ring (bicyclic) bond motifs is 1. The summed E-state index contributed by atoms with van der Waals surface area (Å²) < 4.78 is 6.04. The molecule has 2 fully saturated rings. The zero-order valence-corrected chi connectivity index (χ0v) is 13.1. The van der Waals surface area contributed by atoms with Crippen molar-refractivity contribution in [3.05, 3.63) is 0 Å². The third kappa shape index (κ3) is 4.84. The summed E-state index contributed by atoms with van der Waals surface area (Å²) in [6.45, 7) is 6.55. The Morgan fingerprint density at radius 1 is 0.895 bits per heavy atom. The van der Waals surface area contributed by atoms with Gasteiger partial charge in [-0.3, -0.25) is 0 Å². The summed E-state index contributed by atoms with van der Waals surface area (Å²) in [5.74, 6) is 6.90. The minimum atomic E-state index is -0.0630. The molecule has 0 aromatic rings. The topological polar surface area (TPSA) is 12.5 Å². The highest BCUT2D eigenvalue weighted by molar-refractivity contribution is 5.27. The van der Waals surface area contributed by atoms with Crippen LogP contribution in [0.5, 0.6) is 0 Å². The van der Waals surface area contributed by atoms with E-state index in [4.69, 9.17) is 4.74 Å². The minimum Gasteiger partial charge on any atom is -0.352 e. The van der Waals surface area contributed by atoms with Gasteiger partial charge >= 0.3 is 0 Å². The summed E-state index contributed by atoms with van der Waals surface area (Å²) in [5.41, 5.74) is 0.0292. The van der Waals surface area contributed by atoms with Crippen molar-refractivity contribution in [3.63, 3.8) is 0 Å². The van der Waals surface area contributed by atoms with Crippen LogP contribution in [0.15, 0.2) is 0 Å². The normalized spacial score (nSPS) is 33.1. The van der Waals surface area contributed by atoms with Gasteiger partial charge in [-0.1, -0.05) is 56.8 Å². The molecular weight excluding hydrogens is 232 g/mol. The van der Waals surface area contributed by atoms with Crippen LogP contribution in [-0.2, 0) is 4.74 Å². The first-order chi connectivity index (χ1) is 9.02. The van der Waals surface area contributed by atoms with E-state index in [0.29, 0.717) is 6.10 Å². The molecule has 0 radical (unpaired) electrons. The molecule has 0 amide bonds. The maximum Gasteiger partial charge on any atom is 0.155 e. The van der Waals surface area contributed by atoms with Crippen LogP contribution >= 0.6 is 0 Å². The van der Waals surface area contributed by atoms with E-state index in [9.17, 15) is 0 Å². The molecule has 0 spiro atoms. The summed E-state index contributed by atoms with van der Waals surface area (Å²) >= 11 is 0. The lowest BCUT2D eigenvalue weighted by atomic mass is 9.90. The second-order valence-corrected chi connectivity index (χ2v) is 7.36. The minimum absolute atomic E-state index is 0.0630. The molecular formula is C18H30O. The maximum atomic E-state index is 6.04. The highest BCUT2D eigenvalue weighted by atomic mass is 16.6. The van der Waals surface area contributed by atoms with Gasteiger partial charge in [-0.05, 0) is 40.0 Å². The molecule has 1 aliphatic carbocycles. The van der Waals surface area contributed by atoms with Crippen LogP contribution in [0.2, 0.25) is 0 Å². The quantitative estimate of drug-likeness (QED) is 0.437. The van der Waals surface area contributed by atoms with E-state index in [2.05, 4.69) is 32.6 Å². The molecule has 1 heterocycles. The Kier molecular flexibility index (Phi) is 4.96. The number of ether oxygens (including phenoxy) is 1. The molecule has 0 aromatic heterocycles. The third-order valence-electron chi connectivity index (χ3n) is 4.23. The number of hydrogen-bond donors (Lipinski definition) is 0. The van der Waals surface area contributed by atoms with Crippen molar-refractivity contribution in [2.24, 2.45) is 5.41 Å². The fourth-order valence-corrected chi connectivity index (χ4v) is 2.98. The Morgan fingerprint density at radius 3 is 2.11 bits per heavy atom. The highest BCUT2D eigenvalue weighted by Crippen LogP contribution is 2.44. The first-order valence-corrected chi connectivity index (χ1v) is 8.24. The standard InChI is InChI=1S/C18H30O/c1-17(2,3)14-15-18-13-11-9-7-5-4-6-8-10-12-16(18)19-18/h16H,4-13H2,1-3H3. The van der Waals surface area contributed by atoms with Crippen LogP contribution in [0.25, 0.3) is 0 Å². The molecule has 1 aliphatic heterocycles. The van der Waals surface area contributed by atoms with Crippen molar-refractivity contribution in [2.45, 2.75) is 96.7 Å². The Morgan fingerprint density at radius 2 is 1.47 bits per heavy atom. The van der Waals surface area contributed by atoms with Crippen LogP contribution < -0.4 is 0 Å². The van der Waals surface area contributed by atoms with Gasteiger partial charge in [-0.2, -0.15) is 0 Å². The fraction of sp³-hybridized carbons (Fsp3) is 0.889. The SMILES string of the molecule is CC(C)(C)C#CC12CCCCCCCCCCC1O2. The van der Waals surface area contributed by atoms with Crippen molar-refractivity contribution in [3.8, 4) is 11.8 Å². The molecule has 0 aromatic carbocycles. The van der Waals surface area contributed by atoms with Crippen LogP contribution in [0, 0.1) is 17.3 Å². The van der Waals surface area contributed by atoms with Gasteiger partial charge in [-0.25, -0.2) is 0 Å². The van der Waals surface area contributed by atoms with E-state index in [0.717, 1.165) is 6.42 Å². The molecule has 108 valence electrons. The molecule has 2 aliphatic rings. The average Bonchev–Trinajstić information content (AvgIpc) is 3.00. The summed E-state index contributed by atoms with van der Waals surface area (Å²) in [7, 11) is 0. The highest BCUT2D eigenvalue weighted by Gasteiger charge is 2.54. The van der Waals surface area contributed by atoms with Gasteiger partial charge in [0.15, 0.2) is 5.60 Å². The molecule has 1 heteroatoms. The van der Waals surface area contributed by atoms with Gasteiger partial charge in [0, 0.05) is 5.41 Å². The Bertz CT molecular complexity index is 341. The Hall–Kier alpha value is -0.480. The molecule has 1 saturated heterocycles. The molecule has 2 atom stereocenters. The van der Waals surface area contributed by atoms with Crippen LogP contribution in [0.1, 0.15) is 85.0 Å². The molecule has 1 nitrogen and oxygen atoms in total. The van der Waals surface area contributed by atoms with E-state index in [-0.39, 0.29) is 11.0 Å². The number of epoxide rings is 1. The maximum absolute atomic E-state index is 6.04. The van der Waals surface area contributed by atoms with Crippen LogP contribution in [0.4, 0.5) is 0 Å². The van der Waals surface area contributed by atoms with Crippen LogP contribution in [-0.4, -0.2) is 11.7 Å². The van der Waals surface area contributed by atoms with Gasteiger partial charge in [0.1, 0.15) is 0 Å². The summed E-state index contributed by atoms with van der Waals surface area (Å²) in [4.78, 5) is 0. The Labute approximate surface area is 119 Å². The Balaban J connectivity index is 1.95. The summed E-state index contributed by atoms with van der Waals surface area (Å²) in [6, 6.07) is 0. The van der Waals surface area contributed by atoms with Crippen molar-refractivity contribution >= 4 is 0 Å². The zero-order chi connectivity index (χ0) is 13.8. The largest absolute Gasteiger partial charge is 0.352 e. The van der Waals surface area contributed by atoms with Gasteiger partial charge in [0.25, 0.3) is 0 Å². The smallest absolute Gasteiger partial charge is 0.155 e. The van der Waals surface area contributed by atoms with Gasteiger partial charge in [0.2, 0.25) is 0 Å². The molecule has 1 saturated carbocycles. The van der Waals surface area contributed by atoms with E-state index in [1.54, 1.807) is 0 Å². The van der Waals surface area contributed by atoms with Crippen LogP contribution in [0.3, 0.4) is 0 Å². The first-order valence-electron chi connectivity index (χ1n) is 8.24. The number of rotatable bonds is 0. The summed E-state index contributed by atoms with van der Waals surface area (Å²) in [6.07, 6.45) is 13.8. The number of hydrogen-bond acceptors (Lipinski definition) is 1. The second kappa shape index (κ2) is 6.31. The van der Waals surface area contributed by atoms with Crippen molar-refractivity contribution in [2.75, 3.05) is 0 Å². The van der Waals surface area contributed by atoms with E-state index < -0.39 is 0 Å². The van der Waals surface area contributed by atoms with Gasteiger partial charge < -0.3 is 4.74 Å². The van der Waals surface area contributed by atoms with Crippen molar-refractivity contribution < 1.29 is 4.74 Å². The molecule has 2 unspecified atom stereocenters. The van der Waals surface area contributed by atoms with Crippen molar-refractivity contribution in [1.29, 1.82) is 0 Å².